The second-order valence-corrected chi connectivity index (χ2v) is 9.85. The van der Waals surface area contributed by atoms with Gasteiger partial charge in [-0.1, -0.05) is 42.5 Å². The summed E-state index contributed by atoms with van der Waals surface area (Å²) >= 11 is 0. The number of nitrogens with zero attached hydrogens (tertiary/aromatic N) is 2. The molecule has 0 aromatic heterocycles. The number of hydrogen-bond donors (Lipinski definition) is 1. The number of fused-ring (bicyclic) bond motifs is 1. The van der Waals surface area contributed by atoms with Crippen molar-refractivity contribution in [1.29, 1.82) is 0 Å². The quantitative estimate of drug-likeness (QED) is 0.250. The van der Waals surface area contributed by atoms with Crippen molar-refractivity contribution in [2.75, 3.05) is 40.4 Å². The Bertz CT molecular complexity index is 1380. The van der Waals surface area contributed by atoms with Crippen LogP contribution in [0.5, 0.6) is 17.2 Å². The molecule has 0 bridgehead atoms. The lowest BCUT2D eigenvalue weighted by Crippen LogP contribution is -2.32. The Morgan fingerprint density at radius 1 is 0.974 bits per heavy atom. The summed E-state index contributed by atoms with van der Waals surface area (Å²) in [4.78, 5) is 30.2. The molecular formula is C31H32N2O6. The van der Waals surface area contributed by atoms with Crippen LogP contribution >= 0.6 is 0 Å². The van der Waals surface area contributed by atoms with Gasteiger partial charge in [0, 0.05) is 12.1 Å². The highest BCUT2D eigenvalue weighted by molar-refractivity contribution is 6.46. The van der Waals surface area contributed by atoms with E-state index in [4.69, 9.17) is 14.2 Å². The van der Waals surface area contributed by atoms with Crippen LogP contribution in [-0.2, 0) is 16.2 Å². The van der Waals surface area contributed by atoms with Gasteiger partial charge in [0.25, 0.3) is 11.7 Å². The second kappa shape index (κ2) is 11.6. The van der Waals surface area contributed by atoms with Crippen molar-refractivity contribution in [1.82, 2.24) is 9.80 Å². The Morgan fingerprint density at radius 2 is 1.74 bits per heavy atom. The first-order valence-electron chi connectivity index (χ1n) is 13.0. The lowest BCUT2D eigenvalue weighted by atomic mass is 9.95. The first-order valence-corrected chi connectivity index (χ1v) is 13.0. The van der Waals surface area contributed by atoms with Crippen LogP contribution in [0.25, 0.3) is 5.76 Å². The van der Waals surface area contributed by atoms with E-state index < -0.39 is 17.7 Å². The molecule has 1 fully saturated rings. The van der Waals surface area contributed by atoms with Crippen molar-refractivity contribution in [3.63, 3.8) is 0 Å². The van der Waals surface area contributed by atoms with E-state index in [-0.39, 0.29) is 11.3 Å². The molecule has 0 spiro atoms. The smallest absolute Gasteiger partial charge is 0.295 e. The molecule has 1 N–H and O–H groups in total. The van der Waals surface area contributed by atoms with Crippen LogP contribution in [0.4, 0.5) is 0 Å². The number of Topliss-reactive ketones (excluding diaryl/α,β-unsaturated/α-hetero) is 1. The molecule has 2 aliphatic rings. The molecule has 2 aliphatic heterocycles. The second-order valence-electron chi connectivity index (χ2n) is 9.85. The molecule has 1 atom stereocenters. The maximum absolute atomic E-state index is 13.4. The van der Waals surface area contributed by atoms with Gasteiger partial charge in [-0.15, -0.1) is 0 Å². The maximum Gasteiger partial charge on any atom is 0.295 e. The van der Waals surface area contributed by atoms with Crippen molar-refractivity contribution >= 4 is 17.4 Å². The van der Waals surface area contributed by atoms with E-state index in [9.17, 15) is 14.7 Å². The van der Waals surface area contributed by atoms with Gasteiger partial charge >= 0.3 is 0 Å². The lowest BCUT2D eigenvalue weighted by Gasteiger charge is -2.26. The van der Waals surface area contributed by atoms with Crippen molar-refractivity contribution in [3.05, 3.63) is 95.1 Å². The van der Waals surface area contributed by atoms with Gasteiger partial charge < -0.3 is 29.1 Å². The normalized spacial score (nSPS) is 18.0. The Hall–Kier alpha value is -4.30. The minimum Gasteiger partial charge on any atom is -0.507 e. The number of likely N-dealkylation sites (tertiary alicyclic amines) is 1. The molecule has 0 aliphatic carbocycles. The molecule has 0 unspecified atom stereocenters. The topological polar surface area (TPSA) is 88.5 Å². The fraction of sp³-hybridized carbons (Fsp3) is 0.290. The maximum atomic E-state index is 13.4. The molecule has 0 saturated carbocycles. The van der Waals surface area contributed by atoms with E-state index in [1.807, 2.05) is 73.6 Å². The molecular weight excluding hydrogens is 496 g/mol. The summed E-state index contributed by atoms with van der Waals surface area (Å²) in [6, 6.07) is 21.4. The van der Waals surface area contributed by atoms with Gasteiger partial charge in [0.05, 0.1) is 11.6 Å². The fourth-order valence-corrected chi connectivity index (χ4v) is 4.88. The number of ketones is 1. The zero-order chi connectivity index (χ0) is 27.4. The summed E-state index contributed by atoms with van der Waals surface area (Å²) in [5.41, 5.74) is 2.13. The SMILES string of the molecule is CN(C)CCCN1C(=O)C(=O)/C(=C(/O)c2ccc3c(c2)OCCO3)[C@@H]1c1cccc(OCc2ccccc2)c1. The summed E-state index contributed by atoms with van der Waals surface area (Å²) in [7, 11) is 3.92. The minimum absolute atomic E-state index is 0.0433. The van der Waals surface area contributed by atoms with Crippen LogP contribution in [0.3, 0.4) is 0 Å². The Kier molecular flexibility index (Phi) is 7.84. The first-order chi connectivity index (χ1) is 18.9. The zero-order valence-corrected chi connectivity index (χ0v) is 22.1. The standard InChI is InChI=1S/C31H32N2O6/c1-32(2)14-7-15-33-28(22-10-6-11-24(18-22)39-20-21-8-4-3-5-9-21)27(30(35)31(33)36)29(34)23-12-13-25-26(19-23)38-17-16-37-25/h3-6,8-13,18-19,28,34H,7,14-17,20H2,1-2H3/b29-27+/t28-/m0/s1. The number of carbonyl (C=O) groups excluding carboxylic acids is 2. The van der Waals surface area contributed by atoms with E-state index >= 15 is 0 Å². The number of benzene rings is 3. The van der Waals surface area contributed by atoms with E-state index in [0.717, 1.165) is 12.1 Å². The molecule has 3 aromatic carbocycles. The number of rotatable bonds is 9. The molecule has 39 heavy (non-hydrogen) atoms. The van der Waals surface area contributed by atoms with E-state index in [2.05, 4.69) is 0 Å². The number of ether oxygens (including phenoxy) is 3. The highest BCUT2D eigenvalue weighted by Gasteiger charge is 2.46. The molecule has 1 amide bonds. The number of aliphatic hydroxyl groups is 1. The van der Waals surface area contributed by atoms with Crippen LogP contribution in [0.15, 0.2) is 78.4 Å². The van der Waals surface area contributed by atoms with Gasteiger partial charge in [-0.25, -0.2) is 0 Å². The molecule has 1 saturated heterocycles. The number of amides is 1. The molecule has 8 heteroatoms. The van der Waals surface area contributed by atoms with Gasteiger partial charge in [-0.3, -0.25) is 9.59 Å². The molecule has 0 radical (unpaired) electrons. The van der Waals surface area contributed by atoms with Crippen molar-refractivity contribution in [3.8, 4) is 17.2 Å². The van der Waals surface area contributed by atoms with E-state index in [1.54, 1.807) is 23.1 Å². The summed E-state index contributed by atoms with van der Waals surface area (Å²) in [5.74, 6) is 0.0667. The lowest BCUT2D eigenvalue weighted by molar-refractivity contribution is -0.139. The molecule has 202 valence electrons. The van der Waals surface area contributed by atoms with Crippen molar-refractivity contribution < 1.29 is 28.9 Å². The van der Waals surface area contributed by atoms with Crippen LogP contribution in [0, 0.1) is 0 Å². The third kappa shape index (κ3) is 5.76. The Balaban J connectivity index is 1.52. The summed E-state index contributed by atoms with van der Waals surface area (Å²) in [6.45, 7) is 2.32. The molecule has 3 aromatic rings. The number of hydrogen-bond acceptors (Lipinski definition) is 7. The van der Waals surface area contributed by atoms with Gasteiger partial charge in [0.1, 0.15) is 31.3 Å². The minimum atomic E-state index is -0.763. The molecule has 5 rings (SSSR count). The van der Waals surface area contributed by atoms with Crippen LogP contribution in [-0.4, -0.2) is 67.0 Å². The van der Waals surface area contributed by atoms with Gasteiger partial charge in [-0.05, 0) is 68.5 Å². The van der Waals surface area contributed by atoms with E-state index in [0.29, 0.717) is 61.2 Å². The average Bonchev–Trinajstić information content (AvgIpc) is 3.21. The monoisotopic (exact) mass is 528 g/mol. The molecule has 2 heterocycles. The molecule has 8 nitrogen and oxygen atoms in total. The fourth-order valence-electron chi connectivity index (χ4n) is 4.88. The summed E-state index contributed by atoms with van der Waals surface area (Å²) < 4.78 is 17.3. The van der Waals surface area contributed by atoms with Gasteiger partial charge in [-0.2, -0.15) is 0 Å². The number of aliphatic hydroxyl groups excluding tert-OH is 1. The van der Waals surface area contributed by atoms with Gasteiger partial charge in [0.15, 0.2) is 11.5 Å². The highest BCUT2D eigenvalue weighted by Crippen LogP contribution is 2.41. The Labute approximate surface area is 228 Å². The Morgan fingerprint density at radius 3 is 2.51 bits per heavy atom. The zero-order valence-electron chi connectivity index (χ0n) is 22.1. The highest BCUT2D eigenvalue weighted by atomic mass is 16.6. The van der Waals surface area contributed by atoms with E-state index in [1.165, 1.54) is 0 Å². The average molecular weight is 529 g/mol. The third-order valence-corrected chi connectivity index (χ3v) is 6.78. The summed E-state index contributed by atoms with van der Waals surface area (Å²) in [6.07, 6.45) is 0.671. The van der Waals surface area contributed by atoms with Crippen molar-refractivity contribution in [2.24, 2.45) is 0 Å². The van der Waals surface area contributed by atoms with Crippen molar-refractivity contribution in [2.45, 2.75) is 19.1 Å². The van der Waals surface area contributed by atoms with Crippen LogP contribution < -0.4 is 14.2 Å². The third-order valence-electron chi connectivity index (χ3n) is 6.78. The van der Waals surface area contributed by atoms with Crippen LogP contribution in [0.1, 0.15) is 29.2 Å². The number of carbonyl (C=O) groups is 2. The predicted molar refractivity (Wildman–Crippen MR) is 147 cm³/mol. The van der Waals surface area contributed by atoms with Crippen LogP contribution in [0.2, 0.25) is 0 Å². The predicted octanol–water partition coefficient (Wildman–Crippen LogP) is 4.41. The largest absolute Gasteiger partial charge is 0.507 e. The van der Waals surface area contributed by atoms with Gasteiger partial charge in [0.2, 0.25) is 0 Å². The summed E-state index contributed by atoms with van der Waals surface area (Å²) in [5, 5.41) is 11.4. The first kappa shape index (κ1) is 26.3.